The smallest absolute Gasteiger partial charge is 0.158 e. The van der Waals surface area contributed by atoms with E-state index in [1.54, 1.807) is 0 Å². The number of imidazole rings is 1. The molecule has 1 aliphatic heterocycles. The van der Waals surface area contributed by atoms with Gasteiger partial charge in [-0.3, -0.25) is 4.68 Å². The van der Waals surface area contributed by atoms with Crippen LogP contribution in [0.25, 0.3) is 11.2 Å². The van der Waals surface area contributed by atoms with Gasteiger partial charge in [0.15, 0.2) is 5.65 Å². The summed E-state index contributed by atoms with van der Waals surface area (Å²) >= 11 is 8.14. The lowest BCUT2D eigenvalue weighted by Crippen LogP contribution is -2.25. The summed E-state index contributed by atoms with van der Waals surface area (Å²) in [6.07, 6.45) is 2.57. The molecule has 1 aliphatic rings. The Balaban J connectivity index is 2.10. The van der Waals surface area contributed by atoms with Crippen LogP contribution in [0.5, 0.6) is 0 Å². The normalized spacial score (nSPS) is 23.6. The summed E-state index contributed by atoms with van der Waals surface area (Å²) in [5.41, 5.74) is 3.07. The fraction of sp³-hybridized carbons (Fsp3) is 0.692. The number of aryl methyl sites for hydroxylation is 2. The molecule has 2 aromatic rings. The standard InChI is InChI=1S/C13H19ClN4S/c1-9-11-12(17(3)16-9)18(10(7-14)15-11)8-13(2)5-4-6-19-13/h4-8H2,1-3H3. The molecule has 0 N–H and O–H groups in total. The molecule has 19 heavy (non-hydrogen) atoms. The van der Waals surface area contributed by atoms with E-state index in [1.807, 2.05) is 18.7 Å². The summed E-state index contributed by atoms with van der Waals surface area (Å²) in [4.78, 5) is 4.66. The van der Waals surface area contributed by atoms with Crippen LogP contribution < -0.4 is 0 Å². The van der Waals surface area contributed by atoms with Gasteiger partial charge in [0, 0.05) is 18.3 Å². The first-order chi connectivity index (χ1) is 9.04. The number of thioether (sulfide) groups is 1. The Morgan fingerprint density at radius 1 is 1.47 bits per heavy atom. The Morgan fingerprint density at radius 2 is 2.26 bits per heavy atom. The first-order valence-corrected chi connectivity index (χ1v) is 8.15. The van der Waals surface area contributed by atoms with E-state index in [2.05, 4.69) is 33.3 Å². The molecular formula is C13H19ClN4S. The largest absolute Gasteiger partial charge is 0.310 e. The van der Waals surface area contributed by atoms with Gasteiger partial charge in [0.2, 0.25) is 0 Å². The third kappa shape index (κ3) is 2.17. The minimum atomic E-state index is 0.298. The van der Waals surface area contributed by atoms with Gasteiger partial charge in [0.05, 0.1) is 11.6 Å². The fourth-order valence-electron chi connectivity index (χ4n) is 2.94. The maximum Gasteiger partial charge on any atom is 0.158 e. The van der Waals surface area contributed by atoms with E-state index in [4.69, 9.17) is 11.6 Å². The van der Waals surface area contributed by atoms with Gasteiger partial charge in [-0.1, -0.05) is 0 Å². The van der Waals surface area contributed by atoms with Crippen LogP contribution in [0.2, 0.25) is 0 Å². The Bertz CT molecular complexity index is 610. The van der Waals surface area contributed by atoms with E-state index in [0.29, 0.717) is 10.6 Å². The zero-order valence-electron chi connectivity index (χ0n) is 11.6. The van der Waals surface area contributed by atoms with Crippen molar-refractivity contribution in [1.29, 1.82) is 0 Å². The maximum atomic E-state index is 6.08. The quantitative estimate of drug-likeness (QED) is 0.817. The van der Waals surface area contributed by atoms with Gasteiger partial charge in [-0.15, -0.1) is 11.6 Å². The number of nitrogens with zero attached hydrogens (tertiary/aromatic N) is 4. The van der Waals surface area contributed by atoms with Gasteiger partial charge in [0.25, 0.3) is 0 Å². The summed E-state index contributed by atoms with van der Waals surface area (Å²) in [5.74, 6) is 2.67. The Morgan fingerprint density at radius 3 is 2.89 bits per heavy atom. The molecular weight excluding hydrogens is 280 g/mol. The van der Waals surface area contributed by atoms with Gasteiger partial charge >= 0.3 is 0 Å². The molecule has 6 heteroatoms. The highest BCUT2D eigenvalue weighted by molar-refractivity contribution is 8.00. The van der Waals surface area contributed by atoms with Crippen molar-refractivity contribution in [2.45, 2.75) is 43.9 Å². The molecule has 2 aromatic heterocycles. The molecule has 0 saturated carbocycles. The average Bonchev–Trinajstić information content (AvgIpc) is 3.00. The molecule has 0 bridgehead atoms. The van der Waals surface area contributed by atoms with Crippen molar-refractivity contribution in [2.75, 3.05) is 5.75 Å². The van der Waals surface area contributed by atoms with Crippen molar-refractivity contribution in [3.05, 3.63) is 11.5 Å². The topological polar surface area (TPSA) is 35.6 Å². The lowest BCUT2D eigenvalue weighted by Gasteiger charge is -2.24. The SMILES string of the molecule is Cc1nn(C)c2c1nc(CCl)n2CC1(C)CCCS1. The number of rotatable bonds is 3. The number of aromatic nitrogens is 4. The molecule has 1 unspecified atom stereocenters. The van der Waals surface area contributed by atoms with Gasteiger partial charge in [-0.05, 0) is 32.4 Å². The van der Waals surface area contributed by atoms with Gasteiger partial charge in [-0.25, -0.2) is 4.98 Å². The fourth-order valence-corrected chi connectivity index (χ4v) is 4.44. The van der Waals surface area contributed by atoms with E-state index in [-0.39, 0.29) is 0 Å². The predicted molar refractivity (Wildman–Crippen MR) is 80.9 cm³/mol. The van der Waals surface area contributed by atoms with Gasteiger partial charge < -0.3 is 4.57 Å². The zero-order valence-corrected chi connectivity index (χ0v) is 13.2. The summed E-state index contributed by atoms with van der Waals surface area (Å²) in [6.45, 7) is 5.32. The molecule has 0 aliphatic carbocycles. The van der Waals surface area contributed by atoms with Crippen LogP contribution in [0.4, 0.5) is 0 Å². The van der Waals surface area contributed by atoms with Crippen molar-refractivity contribution in [3.63, 3.8) is 0 Å². The molecule has 1 atom stereocenters. The molecule has 0 aromatic carbocycles. The summed E-state index contributed by atoms with van der Waals surface area (Å²) in [6, 6.07) is 0. The van der Waals surface area contributed by atoms with Crippen LogP contribution in [-0.4, -0.2) is 29.8 Å². The third-order valence-corrected chi connectivity index (χ3v) is 5.64. The van der Waals surface area contributed by atoms with Crippen molar-refractivity contribution in [3.8, 4) is 0 Å². The summed E-state index contributed by atoms with van der Waals surface area (Å²) in [5, 5.41) is 4.47. The molecule has 1 saturated heterocycles. The molecule has 3 heterocycles. The van der Waals surface area contributed by atoms with E-state index in [9.17, 15) is 0 Å². The molecule has 0 spiro atoms. The molecule has 0 amide bonds. The minimum absolute atomic E-state index is 0.298. The van der Waals surface area contributed by atoms with Crippen molar-refractivity contribution in [1.82, 2.24) is 19.3 Å². The molecule has 1 fully saturated rings. The van der Waals surface area contributed by atoms with E-state index < -0.39 is 0 Å². The second-order valence-electron chi connectivity index (χ2n) is 5.53. The van der Waals surface area contributed by atoms with Crippen LogP contribution in [0.15, 0.2) is 0 Å². The van der Waals surface area contributed by atoms with Crippen molar-refractivity contribution >= 4 is 34.5 Å². The number of fused-ring (bicyclic) bond motifs is 1. The van der Waals surface area contributed by atoms with Crippen LogP contribution in [0, 0.1) is 6.92 Å². The molecule has 3 rings (SSSR count). The van der Waals surface area contributed by atoms with Crippen LogP contribution in [0.1, 0.15) is 31.3 Å². The minimum Gasteiger partial charge on any atom is -0.310 e. The highest BCUT2D eigenvalue weighted by Gasteiger charge is 2.32. The number of alkyl halides is 1. The Labute approximate surface area is 122 Å². The van der Waals surface area contributed by atoms with E-state index >= 15 is 0 Å². The molecule has 0 radical (unpaired) electrons. The maximum absolute atomic E-state index is 6.08. The van der Waals surface area contributed by atoms with Gasteiger partial charge in [0.1, 0.15) is 11.3 Å². The lowest BCUT2D eigenvalue weighted by atomic mass is 10.1. The second kappa shape index (κ2) is 4.70. The predicted octanol–water partition coefficient (Wildman–Crippen LogP) is 3.10. The van der Waals surface area contributed by atoms with Crippen molar-refractivity contribution < 1.29 is 0 Å². The number of hydrogen-bond donors (Lipinski definition) is 0. The monoisotopic (exact) mass is 298 g/mol. The van der Waals surface area contributed by atoms with Gasteiger partial charge in [-0.2, -0.15) is 16.9 Å². The van der Waals surface area contributed by atoms with Crippen LogP contribution in [-0.2, 0) is 19.5 Å². The average molecular weight is 299 g/mol. The third-order valence-electron chi connectivity index (χ3n) is 3.88. The lowest BCUT2D eigenvalue weighted by molar-refractivity contribution is 0.503. The molecule has 104 valence electrons. The highest BCUT2D eigenvalue weighted by atomic mass is 35.5. The first-order valence-electron chi connectivity index (χ1n) is 6.63. The number of halogens is 1. The Kier molecular flexibility index (Phi) is 3.29. The van der Waals surface area contributed by atoms with E-state index in [1.165, 1.54) is 18.6 Å². The van der Waals surface area contributed by atoms with Crippen LogP contribution >= 0.6 is 23.4 Å². The first kappa shape index (κ1) is 13.3. The highest BCUT2D eigenvalue weighted by Crippen LogP contribution is 2.40. The zero-order chi connectivity index (χ0) is 13.6. The van der Waals surface area contributed by atoms with Crippen molar-refractivity contribution in [2.24, 2.45) is 7.05 Å². The van der Waals surface area contributed by atoms with Crippen LogP contribution in [0.3, 0.4) is 0 Å². The Hall–Kier alpha value is -0.680. The summed E-state index contributed by atoms with van der Waals surface area (Å²) in [7, 11) is 1.98. The molecule has 4 nitrogen and oxygen atoms in total. The number of hydrogen-bond acceptors (Lipinski definition) is 3. The van der Waals surface area contributed by atoms with E-state index in [0.717, 1.165) is 29.2 Å². The second-order valence-corrected chi connectivity index (χ2v) is 7.48. The summed E-state index contributed by atoms with van der Waals surface area (Å²) < 4.78 is 4.49.